The zero-order chi connectivity index (χ0) is 15.3. The van der Waals surface area contributed by atoms with E-state index in [-0.39, 0.29) is 0 Å². The minimum atomic E-state index is -0.963. The molecule has 2 unspecified atom stereocenters. The largest absolute Gasteiger partial charge is 0.497 e. The molecule has 1 aromatic rings. The van der Waals surface area contributed by atoms with Gasteiger partial charge in [0.2, 0.25) is 0 Å². The highest BCUT2D eigenvalue weighted by atomic mass is 16.5. The molecule has 6 nitrogen and oxygen atoms in total. The van der Waals surface area contributed by atoms with E-state index < -0.39 is 23.8 Å². The van der Waals surface area contributed by atoms with Crippen LogP contribution in [-0.2, 0) is 4.79 Å². The monoisotopic (exact) mass is 281 g/mol. The summed E-state index contributed by atoms with van der Waals surface area (Å²) in [5, 5.41) is 11.6. The fraction of sp³-hybridized carbons (Fsp3) is 0.429. The van der Waals surface area contributed by atoms with Gasteiger partial charge in [0.25, 0.3) is 5.91 Å². The summed E-state index contributed by atoms with van der Waals surface area (Å²) in [6, 6.07) is 4.35. The zero-order valence-corrected chi connectivity index (χ0v) is 12.0. The van der Waals surface area contributed by atoms with Crippen LogP contribution in [0.2, 0.25) is 0 Å². The Hall–Kier alpha value is -2.24. The number of rotatable bonds is 6. The normalized spacial score (nSPS) is 13.2. The number of hydrogen-bond acceptors (Lipinski definition) is 4. The third-order valence-electron chi connectivity index (χ3n) is 3.15. The lowest BCUT2D eigenvalue weighted by Crippen LogP contribution is -2.40. The van der Waals surface area contributed by atoms with Gasteiger partial charge in [-0.05, 0) is 32.0 Å². The summed E-state index contributed by atoms with van der Waals surface area (Å²) in [5.74, 6) is -1.12. The lowest BCUT2D eigenvalue weighted by atomic mass is 10.0. The third kappa shape index (κ3) is 3.63. The van der Waals surface area contributed by atoms with Crippen molar-refractivity contribution >= 4 is 11.9 Å². The summed E-state index contributed by atoms with van der Waals surface area (Å²) in [6.07, 6.45) is 0. The number of nitrogens with one attached hydrogen (secondary N) is 1. The van der Waals surface area contributed by atoms with Crippen LogP contribution in [0.4, 0.5) is 0 Å². The Morgan fingerprint density at radius 2 is 1.85 bits per heavy atom. The van der Waals surface area contributed by atoms with Crippen LogP contribution >= 0.6 is 0 Å². The van der Waals surface area contributed by atoms with Crippen LogP contribution in [0.1, 0.15) is 24.2 Å². The van der Waals surface area contributed by atoms with Crippen molar-refractivity contribution in [3.8, 4) is 11.5 Å². The van der Waals surface area contributed by atoms with E-state index in [1.807, 2.05) is 0 Å². The van der Waals surface area contributed by atoms with E-state index in [2.05, 4.69) is 5.32 Å². The predicted molar refractivity (Wildman–Crippen MR) is 73.3 cm³/mol. The minimum Gasteiger partial charge on any atom is -0.497 e. The summed E-state index contributed by atoms with van der Waals surface area (Å²) in [5.41, 5.74) is 0.302. The van der Waals surface area contributed by atoms with Crippen molar-refractivity contribution in [1.82, 2.24) is 5.32 Å². The molecule has 110 valence electrons. The number of carbonyl (C=O) groups is 2. The van der Waals surface area contributed by atoms with Gasteiger partial charge in [-0.25, -0.2) is 0 Å². The lowest BCUT2D eigenvalue weighted by molar-refractivity contribution is -0.141. The molecule has 0 aliphatic heterocycles. The second-order valence-corrected chi connectivity index (χ2v) is 4.46. The molecule has 0 aromatic heterocycles. The van der Waals surface area contributed by atoms with Crippen LogP contribution in [0.15, 0.2) is 18.2 Å². The lowest BCUT2D eigenvalue weighted by Gasteiger charge is -2.18. The molecule has 6 heteroatoms. The average molecular weight is 281 g/mol. The summed E-state index contributed by atoms with van der Waals surface area (Å²) in [6.45, 7) is 3.18. The van der Waals surface area contributed by atoms with Crippen molar-refractivity contribution in [2.75, 3.05) is 14.2 Å². The van der Waals surface area contributed by atoms with E-state index in [1.54, 1.807) is 25.1 Å². The van der Waals surface area contributed by atoms with E-state index in [4.69, 9.17) is 14.6 Å². The molecule has 0 saturated carbocycles. The molecular formula is C14H19NO5. The van der Waals surface area contributed by atoms with Gasteiger partial charge in [-0.15, -0.1) is 0 Å². The quantitative estimate of drug-likeness (QED) is 0.826. The van der Waals surface area contributed by atoms with Gasteiger partial charge in [0.15, 0.2) is 0 Å². The van der Waals surface area contributed by atoms with E-state index >= 15 is 0 Å². The molecule has 0 radical (unpaired) electrons. The smallest absolute Gasteiger partial charge is 0.308 e. The third-order valence-corrected chi connectivity index (χ3v) is 3.15. The molecule has 0 heterocycles. The first-order valence-electron chi connectivity index (χ1n) is 6.16. The summed E-state index contributed by atoms with van der Waals surface area (Å²) in [7, 11) is 2.96. The van der Waals surface area contributed by atoms with Crippen LogP contribution in [0.3, 0.4) is 0 Å². The first-order valence-corrected chi connectivity index (χ1v) is 6.16. The molecule has 0 spiro atoms. The Morgan fingerprint density at radius 1 is 1.20 bits per heavy atom. The van der Waals surface area contributed by atoms with E-state index in [0.29, 0.717) is 17.1 Å². The van der Waals surface area contributed by atoms with Gasteiger partial charge in [0.05, 0.1) is 25.7 Å². The predicted octanol–water partition coefficient (Wildman–Crippen LogP) is 1.54. The summed E-state index contributed by atoms with van der Waals surface area (Å²) in [4.78, 5) is 23.1. The van der Waals surface area contributed by atoms with Gasteiger partial charge in [-0.1, -0.05) is 0 Å². The molecule has 20 heavy (non-hydrogen) atoms. The maximum absolute atomic E-state index is 12.2. The Labute approximate surface area is 117 Å². The van der Waals surface area contributed by atoms with Gasteiger partial charge in [-0.2, -0.15) is 0 Å². The number of carboxylic acids is 1. The number of benzene rings is 1. The average Bonchev–Trinajstić information content (AvgIpc) is 2.45. The van der Waals surface area contributed by atoms with Crippen LogP contribution in [-0.4, -0.2) is 37.2 Å². The fourth-order valence-electron chi connectivity index (χ4n) is 1.61. The molecule has 1 amide bonds. The van der Waals surface area contributed by atoms with Crippen molar-refractivity contribution in [1.29, 1.82) is 0 Å². The minimum absolute atomic E-state index is 0.302. The molecular weight excluding hydrogens is 262 g/mol. The van der Waals surface area contributed by atoms with Crippen molar-refractivity contribution in [2.24, 2.45) is 5.92 Å². The molecule has 1 aromatic carbocycles. The second-order valence-electron chi connectivity index (χ2n) is 4.46. The highest BCUT2D eigenvalue weighted by molar-refractivity contribution is 5.97. The Kier molecular flexibility index (Phi) is 5.37. The van der Waals surface area contributed by atoms with Gasteiger partial charge in [0.1, 0.15) is 11.5 Å². The Bertz CT molecular complexity index is 500. The van der Waals surface area contributed by atoms with Gasteiger partial charge in [-0.3, -0.25) is 9.59 Å². The summed E-state index contributed by atoms with van der Waals surface area (Å²) < 4.78 is 10.2. The van der Waals surface area contributed by atoms with Crippen LogP contribution in [0, 0.1) is 5.92 Å². The van der Waals surface area contributed by atoms with E-state index in [0.717, 1.165) is 0 Å². The molecule has 0 saturated heterocycles. The number of methoxy groups -OCH3 is 2. The highest BCUT2D eigenvalue weighted by Crippen LogP contribution is 2.24. The molecule has 2 N–H and O–H groups in total. The molecule has 0 aliphatic rings. The molecule has 0 aliphatic carbocycles. The van der Waals surface area contributed by atoms with Crippen molar-refractivity contribution < 1.29 is 24.2 Å². The first kappa shape index (κ1) is 15.8. The number of aliphatic carboxylic acids is 1. The number of carbonyl (C=O) groups excluding carboxylic acids is 1. The van der Waals surface area contributed by atoms with Gasteiger partial charge < -0.3 is 19.9 Å². The number of ether oxygens (including phenoxy) is 2. The number of carboxylic acid groups (broad SMARTS) is 1. The van der Waals surface area contributed by atoms with Gasteiger partial charge >= 0.3 is 5.97 Å². The number of hydrogen-bond donors (Lipinski definition) is 2. The van der Waals surface area contributed by atoms with Crippen molar-refractivity contribution in [2.45, 2.75) is 19.9 Å². The molecule has 1 rings (SSSR count). The van der Waals surface area contributed by atoms with Crippen LogP contribution in [0.25, 0.3) is 0 Å². The van der Waals surface area contributed by atoms with E-state index in [1.165, 1.54) is 21.1 Å². The zero-order valence-electron chi connectivity index (χ0n) is 12.0. The SMILES string of the molecule is COc1ccc(OC)c(C(=O)NC(C)C(C)C(=O)O)c1. The Morgan fingerprint density at radius 3 is 2.35 bits per heavy atom. The highest BCUT2D eigenvalue weighted by Gasteiger charge is 2.23. The van der Waals surface area contributed by atoms with Crippen molar-refractivity contribution in [3.63, 3.8) is 0 Å². The topological polar surface area (TPSA) is 84.9 Å². The maximum Gasteiger partial charge on any atom is 0.308 e. The molecule has 0 bridgehead atoms. The molecule has 0 fully saturated rings. The van der Waals surface area contributed by atoms with Gasteiger partial charge in [0, 0.05) is 6.04 Å². The molecule has 2 atom stereocenters. The van der Waals surface area contributed by atoms with Crippen LogP contribution in [0.5, 0.6) is 11.5 Å². The first-order chi connectivity index (χ1) is 9.40. The summed E-state index contributed by atoms with van der Waals surface area (Å²) >= 11 is 0. The van der Waals surface area contributed by atoms with E-state index in [9.17, 15) is 9.59 Å². The standard InChI is InChI=1S/C14H19NO5/c1-8(14(17)18)9(2)15-13(16)11-7-10(19-3)5-6-12(11)20-4/h5-9H,1-4H3,(H,15,16)(H,17,18). The Balaban J connectivity index is 2.94. The van der Waals surface area contributed by atoms with Crippen LogP contribution < -0.4 is 14.8 Å². The second kappa shape index (κ2) is 6.79. The maximum atomic E-state index is 12.2. The fourth-order valence-corrected chi connectivity index (χ4v) is 1.61. The van der Waals surface area contributed by atoms with Crippen molar-refractivity contribution in [3.05, 3.63) is 23.8 Å². The number of amides is 1.